The van der Waals surface area contributed by atoms with Crippen molar-refractivity contribution in [3.63, 3.8) is 0 Å². The highest BCUT2D eigenvalue weighted by Gasteiger charge is 2.09. The summed E-state index contributed by atoms with van der Waals surface area (Å²) >= 11 is 0. The van der Waals surface area contributed by atoms with Gasteiger partial charge in [-0.3, -0.25) is 14.6 Å². The lowest BCUT2D eigenvalue weighted by Crippen LogP contribution is -2.31. The molecule has 5 nitrogen and oxygen atoms in total. The van der Waals surface area contributed by atoms with Gasteiger partial charge in [0.25, 0.3) is 5.91 Å². The zero-order valence-corrected chi connectivity index (χ0v) is 12.6. The molecule has 0 aromatic carbocycles. The molecule has 0 aliphatic heterocycles. The van der Waals surface area contributed by atoms with Gasteiger partial charge in [0.15, 0.2) is 0 Å². The van der Waals surface area contributed by atoms with Gasteiger partial charge in [-0.05, 0) is 18.6 Å². The van der Waals surface area contributed by atoms with Crippen LogP contribution in [0.3, 0.4) is 0 Å². The molecule has 21 heavy (non-hydrogen) atoms. The number of esters is 1. The van der Waals surface area contributed by atoms with Crippen molar-refractivity contribution in [2.75, 3.05) is 13.2 Å². The quantitative estimate of drug-likeness (QED) is 0.532. The lowest BCUT2D eigenvalue weighted by molar-refractivity contribution is -0.142. The molecule has 1 N–H and O–H groups in total. The van der Waals surface area contributed by atoms with Gasteiger partial charge in [-0.15, -0.1) is 0 Å². The maximum absolute atomic E-state index is 11.6. The summed E-state index contributed by atoms with van der Waals surface area (Å²) in [4.78, 5) is 27.0. The maximum atomic E-state index is 11.6. The van der Waals surface area contributed by atoms with Crippen molar-refractivity contribution in [3.05, 3.63) is 30.1 Å². The summed E-state index contributed by atoms with van der Waals surface area (Å²) in [7, 11) is 0. The van der Waals surface area contributed by atoms with Gasteiger partial charge < -0.3 is 10.1 Å². The number of unbranched alkanes of at least 4 members (excludes halogenated alkanes) is 5. The van der Waals surface area contributed by atoms with E-state index in [2.05, 4.69) is 17.2 Å². The monoisotopic (exact) mass is 292 g/mol. The van der Waals surface area contributed by atoms with Gasteiger partial charge in [-0.1, -0.05) is 45.1 Å². The Bertz CT molecular complexity index is 421. The predicted molar refractivity (Wildman–Crippen MR) is 80.9 cm³/mol. The minimum atomic E-state index is -0.409. The number of ether oxygens (including phenoxy) is 1. The van der Waals surface area contributed by atoms with Crippen molar-refractivity contribution in [1.82, 2.24) is 10.3 Å². The number of nitrogens with zero attached hydrogens (tertiary/aromatic N) is 1. The molecule has 0 bridgehead atoms. The summed E-state index contributed by atoms with van der Waals surface area (Å²) in [5.41, 5.74) is 0.293. The summed E-state index contributed by atoms with van der Waals surface area (Å²) in [6.45, 7) is 2.48. The van der Waals surface area contributed by atoms with E-state index in [9.17, 15) is 9.59 Å². The van der Waals surface area contributed by atoms with E-state index < -0.39 is 5.97 Å². The van der Waals surface area contributed by atoms with Crippen LogP contribution in [0.1, 0.15) is 55.9 Å². The Kier molecular flexibility index (Phi) is 8.84. The number of rotatable bonds is 10. The molecule has 0 saturated carbocycles. The van der Waals surface area contributed by atoms with Crippen LogP contribution in [0.5, 0.6) is 0 Å². The highest BCUT2D eigenvalue weighted by Crippen LogP contribution is 2.04. The van der Waals surface area contributed by atoms with Crippen LogP contribution in [0.4, 0.5) is 0 Å². The fourth-order valence-electron chi connectivity index (χ4n) is 1.86. The fourth-order valence-corrected chi connectivity index (χ4v) is 1.86. The van der Waals surface area contributed by atoms with Crippen LogP contribution in [0.2, 0.25) is 0 Å². The molecule has 1 amide bonds. The second-order valence-corrected chi connectivity index (χ2v) is 4.89. The third kappa shape index (κ3) is 8.07. The van der Waals surface area contributed by atoms with E-state index in [0.29, 0.717) is 12.3 Å². The lowest BCUT2D eigenvalue weighted by atomic mass is 10.1. The first-order valence-electron chi connectivity index (χ1n) is 7.59. The molecule has 1 heterocycles. The van der Waals surface area contributed by atoms with E-state index in [1.165, 1.54) is 31.9 Å². The van der Waals surface area contributed by atoms with E-state index in [0.717, 1.165) is 12.8 Å². The molecule has 1 rings (SSSR count). The topological polar surface area (TPSA) is 68.3 Å². The zero-order valence-electron chi connectivity index (χ0n) is 12.6. The zero-order chi connectivity index (χ0) is 15.3. The molecule has 1 aromatic heterocycles. The number of pyridine rings is 1. The van der Waals surface area contributed by atoms with Crippen LogP contribution < -0.4 is 5.32 Å². The molecule has 5 heteroatoms. The van der Waals surface area contributed by atoms with Crippen LogP contribution >= 0.6 is 0 Å². The summed E-state index contributed by atoms with van der Waals surface area (Å²) < 4.78 is 5.06. The second kappa shape index (κ2) is 10.8. The summed E-state index contributed by atoms with van der Waals surface area (Å²) in [5.74, 6) is -0.778. The number of aromatic nitrogens is 1. The van der Waals surface area contributed by atoms with Gasteiger partial charge in [-0.25, -0.2) is 0 Å². The van der Waals surface area contributed by atoms with Gasteiger partial charge >= 0.3 is 5.97 Å². The average molecular weight is 292 g/mol. The Labute approximate surface area is 126 Å². The van der Waals surface area contributed by atoms with Crippen molar-refractivity contribution in [3.8, 4) is 0 Å². The Morgan fingerprint density at radius 3 is 2.62 bits per heavy atom. The molecule has 116 valence electrons. The number of amides is 1. The van der Waals surface area contributed by atoms with E-state index >= 15 is 0 Å². The van der Waals surface area contributed by atoms with E-state index in [4.69, 9.17) is 4.74 Å². The minimum Gasteiger partial charge on any atom is -0.464 e. The Morgan fingerprint density at radius 2 is 1.90 bits per heavy atom. The van der Waals surface area contributed by atoms with Crippen molar-refractivity contribution >= 4 is 11.9 Å². The normalized spacial score (nSPS) is 10.1. The number of hydrogen-bond acceptors (Lipinski definition) is 4. The summed E-state index contributed by atoms with van der Waals surface area (Å²) in [6.07, 6.45) is 8.40. The molecular formula is C16H24N2O3. The third-order valence-electron chi connectivity index (χ3n) is 3.05. The van der Waals surface area contributed by atoms with Gasteiger partial charge in [-0.2, -0.15) is 0 Å². The molecule has 0 fully saturated rings. The van der Waals surface area contributed by atoms with E-state index in [1.54, 1.807) is 18.2 Å². The highest BCUT2D eigenvalue weighted by molar-refractivity contribution is 5.94. The molecule has 0 aliphatic carbocycles. The van der Waals surface area contributed by atoms with Crippen LogP contribution in [-0.2, 0) is 9.53 Å². The Hall–Kier alpha value is -1.91. The number of nitrogens with one attached hydrogen (secondary N) is 1. The summed E-state index contributed by atoms with van der Waals surface area (Å²) in [6, 6.07) is 5.04. The number of carbonyl (C=O) groups excluding carboxylic acids is 2. The lowest BCUT2D eigenvalue weighted by Gasteiger charge is -2.06. The molecule has 0 radical (unpaired) electrons. The Balaban J connectivity index is 2.05. The van der Waals surface area contributed by atoms with Gasteiger partial charge in [0.2, 0.25) is 0 Å². The highest BCUT2D eigenvalue weighted by atomic mass is 16.5. The molecule has 0 saturated heterocycles. The molecule has 0 aliphatic rings. The molecule has 0 unspecified atom stereocenters. The van der Waals surface area contributed by atoms with Crippen LogP contribution in [0.15, 0.2) is 24.4 Å². The van der Waals surface area contributed by atoms with Crippen LogP contribution in [-0.4, -0.2) is 30.0 Å². The first-order chi connectivity index (χ1) is 10.2. The molecule has 0 atom stereocenters. The second-order valence-electron chi connectivity index (χ2n) is 4.89. The number of carbonyl (C=O) groups is 2. The van der Waals surface area contributed by atoms with Crippen molar-refractivity contribution < 1.29 is 14.3 Å². The van der Waals surface area contributed by atoms with E-state index in [1.807, 2.05) is 0 Å². The molecule has 1 aromatic rings. The first-order valence-corrected chi connectivity index (χ1v) is 7.59. The standard InChI is InChI=1S/C16H24N2O3/c1-2-3-4-5-6-9-12-21-15(19)13-18-16(20)14-10-7-8-11-17-14/h7-8,10-11H,2-6,9,12-13H2,1H3,(H,18,20). The van der Waals surface area contributed by atoms with Crippen molar-refractivity contribution in [2.24, 2.45) is 0 Å². The first kappa shape index (κ1) is 17.1. The van der Waals surface area contributed by atoms with Crippen molar-refractivity contribution in [2.45, 2.75) is 45.4 Å². The van der Waals surface area contributed by atoms with Crippen LogP contribution in [0.25, 0.3) is 0 Å². The largest absolute Gasteiger partial charge is 0.464 e. The number of hydrogen-bond donors (Lipinski definition) is 1. The van der Waals surface area contributed by atoms with Gasteiger partial charge in [0.05, 0.1) is 6.61 Å². The van der Waals surface area contributed by atoms with Gasteiger partial charge in [0, 0.05) is 6.20 Å². The minimum absolute atomic E-state index is 0.120. The van der Waals surface area contributed by atoms with Crippen molar-refractivity contribution in [1.29, 1.82) is 0 Å². The molecular weight excluding hydrogens is 268 g/mol. The molecule has 0 spiro atoms. The predicted octanol–water partition coefficient (Wildman–Crippen LogP) is 2.72. The van der Waals surface area contributed by atoms with E-state index in [-0.39, 0.29) is 12.5 Å². The Morgan fingerprint density at radius 1 is 1.14 bits per heavy atom. The fraction of sp³-hybridized carbons (Fsp3) is 0.562. The average Bonchev–Trinajstić information content (AvgIpc) is 2.52. The third-order valence-corrected chi connectivity index (χ3v) is 3.05. The maximum Gasteiger partial charge on any atom is 0.325 e. The SMILES string of the molecule is CCCCCCCCOC(=O)CNC(=O)c1ccccn1. The van der Waals surface area contributed by atoms with Gasteiger partial charge in [0.1, 0.15) is 12.2 Å². The summed E-state index contributed by atoms with van der Waals surface area (Å²) in [5, 5.41) is 2.49. The van der Waals surface area contributed by atoms with Crippen LogP contribution in [0, 0.1) is 0 Å². The smallest absolute Gasteiger partial charge is 0.325 e.